The molecule has 0 saturated carbocycles. The number of nitrogens with one attached hydrogen (secondary N) is 1. The van der Waals surface area contributed by atoms with E-state index in [-0.39, 0.29) is 18.4 Å². The summed E-state index contributed by atoms with van der Waals surface area (Å²) in [5, 5.41) is 2.86. The van der Waals surface area contributed by atoms with Crippen LogP contribution < -0.4 is 14.4 Å². The number of benzene rings is 3. The fourth-order valence-electron chi connectivity index (χ4n) is 3.92. The summed E-state index contributed by atoms with van der Waals surface area (Å²) in [4.78, 5) is 12.5. The summed E-state index contributed by atoms with van der Waals surface area (Å²) in [5.41, 5.74) is 4.97. The average molecular weight is 495 g/mol. The number of hydrogen-bond acceptors (Lipinski definition) is 4. The van der Waals surface area contributed by atoms with Gasteiger partial charge in [-0.25, -0.2) is 8.42 Å². The van der Waals surface area contributed by atoms with Gasteiger partial charge in [0.1, 0.15) is 12.4 Å². The van der Waals surface area contributed by atoms with Crippen molar-refractivity contribution in [3.05, 3.63) is 94.5 Å². The molecule has 0 aromatic heterocycles. The van der Waals surface area contributed by atoms with Gasteiger partial charge in [0.25, 0.3) is 5.91 Å². The van der Waals surface area contributed by atoms with E-state index >= 15 is 0 Å². The second-order valence-electron chi connectivity index (χ2n) is 9.00. The number of ether oxygens (including phenoxy) is 1. The lowest BCUT2D eigenvalue weighted by Gasteiger charge is -2.28. The summed E-state index contributed by atoms with van der Waals surface area (Å²) < 4.78 is 32.7. The smallest absolute Gasteiger partial charge is 0.251 e. The Hall–Kier alpha value is -3.32. The third-order valence-corrected chi connectivity index (χ3v) is 6.93. The number of nitrogens with zero attached hydrogens (tertiary/aromatic N) is 1. The SMILES string of the molecule is Cc1ccccc1OCCNC(=O)c1ccc(CN(c2c(C)cccc2C(C)C)S(C)(=O)=O)cc1. The van der Waals surface area contributed by atoms with Gasteiger partial charge in [0.15, 0.2) is 0 Å². The van der Waals surface area contributed by atoms with E-state index in [2.05, 4.69) is 19.2 Å². The highest BCUT2D eigenvalue weighted by molar-refractivity contribution is 7.92. The number of sulfonamides is 1. The maximum atomic E-state index is 12.8. The van der Waals surface area contributed by atoms with Crippen LogP contribution in [0.2, 0.25) is 0 Å². The minimum absolute atomic E-state index is 0.176. The molecular weight excluding hydrogens is 460 g/mol. The number of amides is 1. The maximum Gasteiger partial charge on any atom is 0.251 e. The Morgan fingerprint density at radius 2 is 1.60 bits per heavy atom. The van der Waals surface area contributed by atoms with Crippen LogP contribution in [0.1, 0.15) is 52.4 Å². The molecule has 0 fully saturated rings. The normalized spacial score (nSPS) is 11.4. The summed E-state index contributed by atoms with van der Waals surface area (Å²) in [6.45, 7) is 8.94. The van der Waals surface area contributed by atoms with Gasteiger partial charge in [-0.1, -0.05) is 62.4 Å². The van der Waals surface area contributed by atoms with Crippen LogP contribution in [0.25, 0.3) is 0 Å². The van der Waals surface area contributed by atoms with E-state index in [0.717, 1.165) is 33.7 Å². The number of hydrogen-bond donors (Lipinski definition) is 1. The predicted octanol–water partition coefficient (Wildman–Crippen LogP) is 5.20. The number of anilines is 1. The van der Waals surface area contributed by atoms with Crippen molar-refractivity contribution in [2.45, 2.75) is 40.2 Å². The first-order valence-electron chi connectivity index (χ1n) is 11.7. The van der Waals surface area contributed by atoms with Crippen molar-refractivity contribution in [3.8, 4) is 5.75 Å². The third kappa shape index (κ3) is 6.85. The minimum Gasteiger partial charge on any atom is -0.491 e. The van der Waals surface area contributed by atoms with Gasteiger partial charge < -0.3 is 10.1 Å². The molecule has 0 radical (unpaired) electrons. The zero-order valence-corrected chi connectivity index (χ0v) is 21.9. The Morgan fingerprint density at radius 1 is 0.943 bits per heavy atom. The molecule has 0 aliphatic heterocycles. The van der Waals surface area contributed by atoms with Crippen molar-refractivity contribution in [3.63, 3.8) is 0 Å². The molecule has 1 amide bonds. The van der Waals surface area contributed by atoms with Crippen LogP contribution in [0.3, 0.4) is 0 Å². The first-order valence-corrected chi connectivity index (χ1v) is 13.6. The molecule has 0 aliphatic carbocycles. The third-order valence-electron chi connectivity index (χ3n) is 5.82. The zero-order valence-electron chi connectivity index (χ0n) is 21.0. The lowest BCUT2D eigenvalue weighted by molar-refractivity contribution is 0.0947. The van der Waals surface area contributed by atoms with E-state index in [1.165, 1.54) is 10.6 Å². The monoisotopic (exact) mass is 494 g/mol. The molecule has 35 heavy (non-hydrogen) atoms. The molecule has 0 bridgehead atoms. The highest BCUT2D eigenvalue weighted by Crippen LogP contribution is 2.33. The van der Waals surface area contributed by atoms with Crippen molar-refractivity contribution in [2.75, 3.05) is 23.7 Å². The predicted molar refractivity (Wildman–Crippen MR) is 142 cm³/mol. The molecule has 0 aliphatic rings. The summed E-state index contributed by atoms with van der Waals surface area (Å²) >= 11 is 0. The fraction of sp³-hybridized carbons (Fsp3) is 0.321. The van der Waals surface area contributed by atoms with Gasteiger partial charge in [0, 0.05) is 5.56 Å². The van der Waals surface area contributed by atoms with Crippen LogP contribution in [0.5, 0.6) is 5.75 Å². The lowest BCUT2D eigenvalue weighted by atomic mass is 9.98. The quantitative estimate of drug-likeness (QED) is 0.393. The first-order chi connectivity index (χ1) is 16.6. The molecule has 1 N–H and O–H groups in total. The Labute approximate surface area is 209 Å². The topological polar surface area (TPSA) is 75.7 Å². The molecular formula is C28H34N2O4S. The highest BCUT2D eigenvalue weighted by atomic mass is 32.2. The molecule has 6 nitrogen and oxygen atoms in total. The van der Waals surface area contributed by atoms with E-state index in [1.54, 1.807) is 24.3 Å². The van der Waals surface area contributed by atoms with Crippen LogP contribution in [0, 0.1) is 13.8 Å². The van der Waals surface area contributed by atoms with Crippen LogP contribution in [0.15, 0.2) is 66.7 Å². The fourth-order valence-corrected chi connectivity index (χ4v) is 4.89. The Morgan fingerprint density at radius 3 is 2.23 bits per heavy atom. The summed E-state index contributed by atoms with van der Waals surface area (Å²) in [5.74, 6) is 0.775. The van der Waals surface area contributed by atoms with Gasteiger partial charge in [-0.15, -0.1) is 0 Å². The molecule has 3 aromatic carbocycles. The van der Waals surface area contributed by atoms with Crippen LogP contribution in [-0.2, 0) is 16.6 Å². The lowest BCUT2D eigenvalue weighted by Crippen LogP contribution is -2.31. The van der Waals surface area contributed by atoms with Crippen LogP contribution >= 0.6 is 0 Å². The number of para-hydroxylation sites is 2. The Balaban J connectivity index is 1.67. The van der Waals surface area contributed by atoms with E-state index < -0.39 is 10.0 Å². The largest absolute Gasteiger partial charge is 0.491 e. The van der Waals surface area contributed by atoms with Gasteiger partial charge in [0.05, 0.1) is 25.0 Å². The first kappa shape index (κ1) is 26.3. The molecule has 7 heteroatoms. The van der Waals surface area contributed by atoms with Crippen LogP contribution in [0.4, 0.5) is 5.69 Å². The number of carbonyl (C=O) groups is 1. The van der Waals surface area contributed by atoms with E-state index in [9.17, 15) is 13.2 Å². The summed E-state index contributed by atoms with van der Waals surface area (Å²) in [6.07, 6.45) is 1.23. The average Bonchev–Trinajstić information content (AvgIpc) is 2.81. The Bertz CT molecular complexity index is 1270. The molecule has 0 atom stereocenters. The molecule has 3 rings (SSSR count). The second-order valence-corrected chi connectivity index (χ2v) is 10.9. The van der Waals surface area contributed by atoms with E-state index in [0.29, 0.717) is 18.7 Å². The summed E-state index contributed by atoms with van der Waals surface area (Å²) in [7, 11) is -3.52. The van der Waals surface area contributed by atoms with Crippen molar-refractivity contribution < 1.29 is 17.9 Å². The molecule has 0 saturated heterocycles. The molecule has 186 valence electrons. The maximum absolute atomic E-state index is 12.8. The standard InChI is InChI=1S/C28H34N2O4S/c1-20(2)25-11-8-10-22(4)27(25)30(35(5,32)33)19-23-13-15-24(16-14-23)28(31)29-17-18-34-26-12-7-6-9-21(26)3/h6-16,20H,17-19H2,1-5H3,(H,29,31). The van der Waals surface area contributed by atoms with Gasteiger partial charge >= 0.3 is 0 Å². The molecule has 0 spiro atoms. The van der Waals surface area contributed by atoms with Crippen molar-refractivity contribution in [1.29, 1.82) is 0 Å². The van der Waals surface area contributed by atoms with Crippen molar-refractivity contribution >= 4 is 21.6 Å². The summed E-state index contributed by atoms with van der Waals surface area (Å²) in [6, 6.07) is 20.6. The van der Waals surface area contributed by atoms with E-state index in [1.807, 2.05) is 56.3 Å². The number of rotatable bonds is 10. The molecule has 0 unspecified atom stereocenters. The molecule has 3 aromatic rings. The number of aryl methyl sites for hydroxylation is 2. The molecule has 0 heterocycles. The van der Waals surface area contributed by atoms with Gasteiger partial charge in [-0.05, 0) is 60.2 Å². The van der Waals surface area contributed by atoms with Gasteiger partial charge in [-0.2, -0.15) is 0 Å². The Kier molecular flexibility index (Phi) is 8.57. The van der Waals surface area contributed by atoms with Gasteiger partial charge in [-0.3, -0.25) is 9.10 Å². The minimum atomic E-state index is -3.52. The van der Waals surface area contributed by atoms with Gasteiger partial charge in [0.2, 0.25) is 10.0 Å². The van der Waals surface area contributed by atoms with Crippen LogP contribution in [-0.4, -0.2) is 33.7 Å². The zero-order chi connectivity index (χ0) is 25.6. The van der Waals surface area contributed by atoms with Crippen molar-refractivity contribution in [2.24, 2.45) is 0 Å². The van der Waals surface area contributed by atoms with Crippen molar-refractivity contribution in [1.82, 2.24) is 5.32 Å². The van der Waals surface area contributed by atoms with E-state index in [4.69, 9.17) is 4.74 Å². The second kappa shape index (κ2) is 11.4. The highest BCUT2D eigenvalue weighted by Gasteiger charge is 2.23. The number of carbonyl (C=O) groups excluding carboxylic acids is 1.